The standard InChI is InChI=1S/C25H28N4O4/c1-4-11-29-16(2)12-18(17(29)3)13-19(14-26)25(32)33-15-23(30)28-22-8-6-5-7-21(22)24(31)27-20-9-10-20/h5-8,12-13,20H,4,9-11,15H2,1-3H3,(H,27,31)(H,28,30)/b19-13-. The first-order chi connectivity index (χ1) is 15.8. The van der Waals surface area contributed by atoms with Crippen LogP contribution in [0.2, 0.25) is 0 Å². The Balaban J connectivity index is 1.63. The molecule has 1 aliphatic carbocycles. The minimum atomic E-state index is -0.882. The molecule has 2 amide bonds. The van der Waals surface area contributed by atoms with Crippen molar-refractivity contribution in [3.63, 3.8) is 0 Å². The van der Waals surface area contributed by atoms with Crippen molar-refractivity contribution in [2.24, 2.45) is 0 Å². The predicted molar refractivity (Wildman–Crippen MR) is 124 cm³/mol. The maximum Gasteiger partial charge on any atom is 0.349 e. The van der Waals surface area contributed by atoms with E-state index in [1.165, 1.54) is 6.08 Å². The highest BCUT2D eigenvalue weighted by molar-refractivity contribution is 6.05. The summed E-state index contributed by atoms with van der Waals surface area (Å²) < 4.78 is 7.17. The second kappa shape index (κ2) is 10.6. The van der Waals surface area contributed by atoms with Gasteiger partial charge in [-0.15, -0.1) is 0 Å². The average Bonchev–Trinajstić information content (AvgIpc) is 3.57. The summed E-state index contributed by atoms with van der Waals surface area (Å²) >= 11 is 0. The summed E-state index contributed by atoms with van der Waals surface area (Å²) in [6, 6.07) is 10.6. The van der Waals surface area contributed by atoms with E-state index >= 15 is 0 Å². The van der Waals surface area contributed by atoms with Crippen LogP contribution in [0, 0.1) is 25.2 Å². The number of carbonyl (C=O) groups excluding carboxylic acids is 3. The van der Waals surface area contributed by atoms with Gasteiger partial charge in [-0.05, 0) is 62.9 Å². The normalized spacial score (nSPS) is 13.2. The number of nitriles is 1. The minimum Gasteiger partial charge on any atom is -0.451 e. The van der Waals surface area contributed by atoms with Gasteiger partial charge in [-0.25, -0.2) is 4.79 Å². The molecule has 3 rings (SSSR count). The van der Waals surface area contributed by atoms with E-state index in [4.69, 9.17) is 4.74 Å². The highest BCUT2D eigenvalue weighted by Crippen LogP contribution is 2.22. The Hall–Kier alpha value is -3.86. The number of hydrogen-bond acceptors (Lipinski definition) is 5. The third-order valence-electron chi connectivity index (χ3n) is 5.39. The van der Waals surface area contributed by atoms with Gasteiger partial charge >= 0.3 is 5.97 Å². The Morgan fingerprint density at radius 1 is 1.24 bits per heavy atom. The Morgan fingerprint density at radius 3 is 2.64 bits per heavy atom. The molecule has 2 N–H and O–H groups in total. The van der Waals surface area contributed by atoms with Crippen LogP contribution < -0.4 is 10.6 Å². The summed E-state index contributed by atoms with van der Waals surface area (Å²) in [6.07, 6.45) is 4.35. The first-order valence-electron chi connectivity index (χ1n) is 11.0. The molecule has 8 nitrogen and oxygen atoms in total. The summed E-state index contributed by atoms with van der Waals surface area (Å²) in [4.78, 5) is 37.1. The molecule has 1 aromatic carbocycles. The van der Waals surface area contributed by atoms with E-state index in [9.17, 15) is 19.6 Å². The number of carbonyl (C=O) groups is 3. The summed E-state index contributed by atoms with van der Waals surface area (Å²) in [5.41, 5.74) is 3.22. The highest BCUT2D eigenvalue weighted by atomic mass is 16.5. The maximum absolute atomic E-state index is 12.4. The maximum atomic E-state index is 12.4. The Kier molecular flexibility index (Phi) is 7.67. The number of aryl methyl sites for hydroxylation is 1. The predicted octanol–water partition coefficient (Wildman–Crippen LogP) is 3.50. The van der Waals surface area contributed by atoms with Gasteiger partial charge in [-0.2, -0.15) is 5.26 Å². The van der Waals surface area contributed by atoms with Crippen molar-refractivity contribution >= 4 is 29.5 Å². The van der Waals surface area contributed by atoms with Gasteiger partial charge in [0, 0.05) is 24.0 Å². The van der Waals surface area contributed by atoms with Gasteiger partial charge in [0.1, 0.15) is 11.6 Å². The van der Waals surface area contributed by atoms with E-state index in [-0.39, 0.29) is 17.5 Å². The molecule has 33 heavy (non-hydrogen) atoms. The molecule has 1 aliphatic rings. The molecule has 1 aromatic heterocycles. The van der Waals surface area contributed by atoms with Crippen molar-refractivity contribution in [2.45, 2.75) is 52.6 Å². The Morgan fingerprint density at radius 2 is 1.97 bits per heavy atom. The molecule has 0 saturated heterocycles. The number of nitrogens with one attached hydrogen (secondary N) is 2. The van der Waals surface area contributed by atoms with Crippen molar-refractivity contribution in [3.05, 3.63) is 58.4 Å². The van der Waals surface area contributed by atoms with Crippen LogP contribution in [0.3, 0.4) is 0 Å². The van der Waals surface area contributed by atoms with Crippen LogP contribution in [0.4, 0.5) is 5.69 Å². The minimum absolute atomic E-state index is 0.185. The van der Waals surface area contributed by atoms with Crippen LogP contribution >= 0.6 is 0 Å². The summed E-state index contributed by atoms with van der Waals surface area (Å²) in [6.45, 7) is 6.25. The molecular weight excluding hydrogens is 420 g/mol. The molecule has 1 saturated carbocycles. The Bertz CT molecular complexity index is 1140. The molecule has 0 spiro atoms. The second-order valence-electron chi connectivity index (χ2n) is 8.07. The third-order valence-corrected chi connectivity index (χ3v) is 5.39. The number of aromatic nitrogens is 1. The lowest BCUT2D eigenvalue weighted by molar-refractivity contribution is -0.142. The van der Waals surface area contributed by atoms with Crippen LogP contribution in [-0.4, -0.2) is 35.0 Å². The molecule has 0 radical (unpaired) electrons. The zero-order chi connectivity index (χ0) is 24.0. The van der Waals surface area contributed by atoms with Crippen LogP contribution in [0.15, 0.2) is 35.9 Å². The average molecular weight is 449 g/mol. The lowest BCUT2D eigenvalue weighted by atomic mass is 10.1. The largest absolute Gasteiger partial charge is 0.451 e. The number of esters is 1. The van der Waals surface area contributed by atoms with E-state index in [2.05, 4.69) is 22.1 Å². The number of nitrogens with zero attached hydrogens (tertiary/aromatic N) is 2. The van der Waals surface area contributed by atoms with E-state index < -0.39 is 18.5 Å². The molecule has 0 aliphatic heterocycles. The van der Waals surface area contributed by atoms with Crippen molar-refractivity contribution in [1.29, 1.82) is 5.26 Å². The lowest BCUT2D eigenvalue weighted by Crippen LogP contribution is -2.28. The number of hydrogen-bond donors (Lipinski definition) is 2. The van der Waals surface area contributed by atoms with Crippen molar-refractivity contribution < 1.29 is 19.1 Å². The number of amides is 2. The molecule has 1 fully saturated rings. The zero-order valence-corrected chi connectivity index (χ0v) is 19.1. The zero-order valence-electron chi connectivity index (χ0n) is 19.1. The van der Waals surface area contributed by atoms with Gasteiger partial charge in [0.05, 0.1) is 11.3 Å². The monoisotopic (exact) mass is 448 g/mol. The van der Waals surface area contributed by atoms with E-state index in [0.717, 1.165) is 42.8 Å². The molecule has 0 unspecified atom stereocenters. The fraction of sp³-hybridized carbons (Fsp3) is 0.360. The topological polar surface area (TPSA) is 113 Å². The van der Waals surface area contributed by atoms with Gasteiger partial charge in [-0.3, -0.25) is 9.59 Å². The second-order valence-corrected chi connectivity index (χ2v) is 8.07. The number of ether oxygens (including phenoxy) is 1. The summed E-state index contributed by atoms with van der Waals surface area (Å²) in [5, 5.41) is 14.9. The number of rotatable bonds is 9. The van der Waals surface area contributed by atoms with Crippen LogP contribution in [0.5, 0.6) is 0 Å². The van der Waals surface area contributed by atoms with Crippen molar-refractivity contribution in [3.8, 4) is 6.07 Å². The lowest BCUT2D eigenvalue weighted by Gasteiger charge is -2.11. The highest BCUT2D eigenvalue weighted by Gasteiger charge is 2.25. The van der Waals surface area contributed by atoms with Crippen molar-refractivity contribution in [2.75, 3.05) is 11.9 Å². The van der Waals surface area contributed by atoms with Gasteiger partial charge in [-0.1, -0.05) is 19.1 Å². The van der Waals surface area contributed by atoms with Crippen LogP contribution in [-0.2, 0) is 20.9 Å². The quantitative estimate of drug-likeness (QED) is 0.346. The third kappa shape index (κ3) is 6.10. The molecular formula is C25H28N4O4. The summed E-state index contributed by atoms with van der Waals surface area (Å²) in [5.74, 6) is -1.75. The molecule has 0 atom stereocenters. The molecule has 172 valence electrons. The van der Waals surface area contributed by atoms with Crippen LogP contribution in [0.1, 0.15) is 53.5 Å². The van der Waals surface area contributed by atoms with Gasteiger partial charge in [0.15, 0.2) is 6.61 Å². The van der Waals surface area contributed by atoms with E-state index in [0.29, 0.717) is 11.3 Å². The van der Waals surface area contributed by atoms with Crippen LogP contribution in [0.25, 0.3) is 6.08 Å². The van der Waals surface area contributed by atoms with Gasteiger partial charge < -0.3 is 19.9 Å². The number of benzene rings is 1. The van der Waals surface area contributed by atoms with Gasteiger partial charge in [0.25, 0.3) is 11.8 Å². The van der Waals surface area contributed by atoms with E-state index in [1.54, 1.807) is 24.3 Å². The van der Waals surface area contributed by atoms with Gasteiger partial charge in [0.2, 0.25) is 0 Å². The number of para-hydroxylation sites is 1. The fourth-order valence-electron chi connectivity index (χ4n) is 3.51. The van der Waals surface area contributed by atoms with E-state index in [1.807, 2.05) is 26.0 Å². The summed E-state index contributed by atoms with van der Waals surface area (Å²) in [7, 11) is 0. The first-order valence-corrected chi connectivity index (χ1v) is 11.0. The SMILES string of the molecule is CCCn1c(C)cc(/C=C(/C#N)C(=O)OCC(=O)Nc2ccccc2C(=O)NC2CC2)c1C. The first kappa shape index (κ1) is 23.8. The molecule has 2 aromatic rings. The molecule has 8 heteroatoms. The smallest absolute Gasteiger partial charge is 0.349 e. The Labute approximate surface area is 193 Å². The molecule has 1 heterocycles. The molecule has 0 bridgehead atoms. The number of anilines is 1. The van der Waals surface area contributed by atoms with Crippen molar-refractivity contribution in [1.82, 2.24) is 9.88 Å². The fourth-order valence-corrected chi connectivity index (χ4v) is 3.51.